The van der Waals surface area contributed by atoms with E-state index in [-0.39, 0.29) is 11.8 Å². The Labute approximate surface area is 393 Å². The van der Waals surface area contributed by atoms with E-state index in [1.165, 1.54) is 60.1 Å². The van der Waals surface area contributed by atoms with Gasteiger partial charge in [-0.1, -0.05) is 153 Å². The van der Waals surface area contributed by atoms with E-state index in [0.717, 1.165) is 91.2 Å². The van der Waals surface area contributed by atoms with Crippen LogP contribution in [0.1, 0.15) is 59.1 Å². The second-order valence-electron chi connectivity index (χ2n) is 18.8. The summed E-state index contributed by atoms with van der Waals surface area (Å²) in [7, 11) is 0. The number of benzene rings is 10. The molecule has 0 saturated heterocycles. The summed E-state index contributed by atoms with van der Waals surface area (Å²) < 4.78 is 13.6. The van der Waals surface area contributed by atoms with E-state index >= 15 is 0 Å². The minimum absolute atomic E-state index is 0.0594. The first-order chi connectivity index (χ1) is 33.6. The number of hydrogen-bond donors (Lipinski definition) is 0. The van der Waals surface area contributed by atoms with Crippen LogP contribution in [-0.2, 0) is 6.42 Å². The molecule has 322 valence electrons. The van der Waals surface area contributed by atoms with Gasteiger partial charge in [-0.25, -0.2) is 9.98 Å². The average Bonchev–Trinajstić information content (AvgIpc) is 3.92. The number of furan rings is 2. The molecular weight excluding hydrogens is 829 g/mol. The van der Waals surface area contributed by atoms with Crippen LogP contribution in [0, 0.1) is 5.92 Å². The molecule has 2 aliphatic rings. The zero-order chi connectivity index (χ0) is 44.9. The number of para-hydroxylation sites is 2. The lowest BCUT2D eigenvalue weighted by molar-refractivity contribution is 0.647. The average molecular weight is 873 g/mol. The maximum absolute atomic E-state index is 7.15. The third-order valence-electron chi connectivity index (χ3n) is 14.7. The number of hydrogen-bond acceptors (Lipinski definition) is 4. The molecule has 0 bridgehead atoms. The maximum atomic E-state index is 7.15. The summed E-state index contributed by atoms with van der Waals surface area (Å²) in [6.45, 7) is 2.29. The first-order valence-corrected chi connectivity index (χ1v) is 23.9. The van der Waals surface area contributed by atoms with Gasteiger partial charge in [0.25, 0.3) is 0 Å². The van der Waals surface area contributed by atoms with E-state index in [2.05, 4.69) is 195 Å². The second kappa shape index (κ2) is 15.4. The van der Waals surface area contributed by atoms with Gasteiger partial charge < -0.3 is 8.83 Å². The zero-order valence-electron chi connectivity index (χ0n) is 37.5. The van der Waals surface area contributed by atoms with Crippen LogP contribution >= 0.6 is 0 Å². The van der Waals surface area contributed by atoms with Crippen molar-refractivity contribution >= 4 is 93.4 Å². The summed E-state index contributed by atoms with van der Waals surface area (Å²) >= 11 is 0. The molecule has 0 radical (unpaired) electrons. The molecule has 1 aliphatic carbocycles. The molecule has 4 nitrogen and oxygen atoms in total. The highest BCUT2D eigenvalue weighted by atomic mass is 16.3. The van der Waals surface area contributed by atoms with E-state index < -0.39 is 0 Å². The van der Waals surface area contributed by atoms with Gasteiger partial charge in [-0.05, 0) is 134 Å². The van der Waals surface area contributed by atoms with Crippen molar-refractivity contribution in [2.24, 2.45) is 15.9 Å². The van der Waals surface area contributed by atoms with Crippen molar-refractivity contribution in [1.29, 1.82) is 0 Å². The van der Waals surface area contributed by atoms with Crippen LogP contribution in [-0.4, -0.2) is 11.5 Å². The number of amidine groups is 1. The van der Waals surface area contributed by atoms with Crippen molar-refractivity contribution in [2.45, 2.75) is 32.1 Å². The van der Waals surface area contributed by atoms with Gasteiger partial charge in [-0.15, -0.1) is 0 Å². The normalized spacial score (nSPS) is 18.7. The SMILES string of the molecule is CC1C/C=C(c2ccc3c(c2)oc2ccccc23)/N=C(c2ccc(C3CCc4cc5ccccc5cc4-c4cc5ccccc5cc43)c3oc4ccccc4c23)\N=C/1c1ccc2ccccc2c1. The predicted molar refractivity (Wildman–Crippen MR) is 283 cm³/mol. The number of fused-ring (bicyclic) bond motifs is 12. The molecule has 4 heteroatoms. The summed E-state index contributed by atoms with van der Waals surface area (Å²) in [4.78, 5) is 11.3. The lowest BCUT2D eigenvalue weighted by atomic mass is 9.83. The minimum atomic E-state index is 0.0594. The first kappa shape index (κ1) is 38.9. The fourth-order valence-electron chi connectivity index (χ4n) is 11.3. The number of allylic oxidation sites excluding steroid dienone is 1. The molecule has 0 amide bonds. The van der Waals surface area contributed by atoms with E-state index in [0.29, 0.717) is 5.84 Å². The Morgan fingerprint density at radius 2 is 1.09 bits per heavy atom. The van der Waals surface area contributed by atoms with Crippen molar-refractivity contribution in [3.63, 3.8) is 0 Å². The van der Waals surface area contributed by atoms with Crippen LogP contribution in [0.15, 0.2) is 219 Å². The van der Waals surface area contributed by atoms with E-state index in [9.17, 15) is 0 Å². The Hall–Kier alpha value is -8.34. The Bertz CT molecular complexity index is 4160. The molecule has 2 unspecified atom stereocenters. The van der Waals surface area contributed by atoms with Crippen LogP contribution in [0.2, 0.25) is 0 Å². The van der Waals surface area contributed by atoms with Crippen LogP contribution in [0.4, 0.5) is 0 Å². The van der Waals surface area contributed by atoms with Crippen molar-refractivity contribution in [2.75, 3.05) is 0 Å². The molecule has 0 fully saturated rings. The van der Waals surface area contributed by atoms with Gasteiger partial charge in [0.2, 0.25) is 0 Å². The monoisotopic (exact) mass is 872 g/mol. The van der Waals surface area contributed by atoms with Crippen LogP contribution in [0.25, 0.3) is 93.0 Å². The molecule has 2 atom stereocenters. The number of aryl methyl sites for hydroxylation is 1. The van der Waals surface area contributed by atoms with Gasteiger partial charge in [-0.2, -0.15) is 0 Å². The topological polar surface area (TPSA) is 51.0 Å². The van der Waals surface area contributed by atoms with Gasteiger partial charge in [0.1, 0.15) is 22.3 Å². The minimum Gasteiger partial charge on any atom is -0.456 e. The lowest BCUT2D eigenvalue weighted by Crippen LogP contribution is -2.17. The smallest absolute Gasteiger partial charge is 0.160 e. The molecule has 1 aliphatic heterocycles. The van der Waals surface area contributed by atoms with Crippen molar-refractivity contribution in [3.8, 4) is 11.1 Å². The predicted octanol–water partition coefficient (Wildman–Crippen LogP) is 17.0. The molecule has 68 heavy (non-hydrogen) atoms. The fraction of sp³-hybridized carbons (Fsp3) is 0.0938. The Morgan fingerprint density at radius 3 is 1.88 bits per heavy atom. The number of rotatable bonds is 4. The van der Waals surface area contributed by atoms with Crippen LogP contribution in [0.3, 0.4) is 0 Å². The molecule has 0 saturated carbocycles. The van der Waals surface area contributed by atoms with Crippen LogP contribution < -0.4 is 0 Å². The summed E-state index contributed by atoms with van der Waals surface area (Å²) in [6.07, 6.45) is 4.93. The fourth-order valence-corrected chi connectivity index (χ4v) is 11.3. The summed E-state index contributed by atoms with van der Waals surface area (Å²) in [5.74, 6) is 0.812. The van der Waals surface area contributed by atoms with Gasteiger partial charge in [0.15, 0.2) is 5.84 Å². The lowest BCUT2D eigenvalue weighted by Gasteiger charge is -2.21. The number of nitrogens with zero attached hydrogens (tertiary/aromatic N) is 2. The third kappa shape index (κ3) is 6.28. The highest BCUT2D eigenvalue weighted by Gasteiger charge is 2.30. The van der Waals surface area contributed by atoms with E-state index in [4.69, 9.17) is 18.8 Å². The van der Waals surface area contributed by atoms with Gasteiger partial charge in [0, 0.05) is 50.1 Å². The van der Waals surface area contributed by atoms with Gasteiger partial charge in [0.05, 0.1) is 11.4 Å². The molecule has 2 aromatic heterocycles. The second-order valence-corrected chi connectivity index (χ2v) is 18.8. The molecule has 3 heterocycles. The highest BCUT2D eigenvalue weighted by Crippen LogP contribution is 2.48. The summed E-state index contributed by atoms with van der Waals surface area (Å²) in [6, 6.07) is 70.3. The zero-order valence-corrected chi connectivity index (χ0v) is 37.5. The standard InChI is InChI=1S/C64H44N2O2/c1-38-22-31-57(46-26-28-50-49-18-8-10-20-58(49)67-60(50)37-46)65-64(66-62(38)47-24-23-39-12-2-3-13-40(39)33-47)53-30-29-51(63-61(53)52-19-9-11-21-59(52)68-63)48-27-25-45-32-41-14-4-5-15-42(41)34-54(45)56-36-44-17-7-6-16-43(44)35-55(48)56/h2-21,23-24,26,28-38,48H,22,25,27H2,1H3/b57-31+,65-64-,66-62+. The van der Waals surface area contributed by atoms with Gasteiger partial charge in [-0.3, -0.25) is 0 Å². The largest absolute Gasteiger partial charge is 0.456 e. The van der Waals surface area contributed by atoms with Crippen LogP contribution in [0.5, 0.6) is 0 Å². The van der Waals surface area contributed by atoms with Crippen molar-refractivity contribution < 1.29 is 8.83 Å². The molecule has 10 aromatic carbocycles. The highest BCUT2D eigenvalue weighted by molar-refractivity contribution is 6.23. The number of aliphatic imine (C=N–C) groups is 2. The Balaban J connectivity index is 0.999. The Kier molecular flexibility index (Phi) is 8.79. The van der Waals surface area contributed by atoms with E-state index in [1.54, 1.807) is 0 Å². The Morgan fingerprint density at radius 1 is 0.456 bits per heavy atom. The quantitative estimate of drug-likeness (QED) is 0.177. The summed E-state index contributed by atoms with van der Waals surface area (Å²) in [5.41, 5.74) is 14.9. The molecule has 0 spiro atoms. The van der Waals surface area contributed by atoms with Gasteiger partial charge >= 0.3 is 0 Å². The molecular formula is C64H44N2O2. The molecule has 12 aromatic rings. The van der Waals surface area contributed by atoms with Crippen molar-refractivity contribution in [3.05, 3.63) is 234 Å². The third-order valence-corrected chi connectivity index (χ3v) is 14.7. The van der Waals surface area contributed by atoms with E-state index in [1.807, 2.05) is 12.1 Å². The molecule has 0 N–H and O–H groups in total. The van der Waals surface area contributed by atoms with Crippen molar-refractivity contribution in [1.82, 2.24) is 0 Å². The first-order valence-electron chi connectivity index (χ1n) is 23.9. The maximum Gasteiger partial charge on any atom is 0.160 e. The molecule has 14 rings (SSSR count). The summed E-state index contributed by atoms with van der Waals surface area (Å²) in [5, 5.41) is 11.7.